The van der Waals surface area contributed by atoms with Gasteiger partial charge in [0.25, 0.3) is 5.91 Å². The topological polar surface area (TPSA) is 56.6 Å². The number of alkyl halides is 3. The van der Waals surface area contributed by atoms with Crippen LogP contribution in [0.15, 0.2) is 48.5 Å². The molecule has 2 aromatic carbocycles. The van der Waals surface area contributed by atoms with Crippen molar-refractivity contribution in [3.63, 3.8) is 0 Å². The summed E-state index contributed by atoms with van der Waals surface area (Å²) in [5.41, 5.74) is 1.73. The van der Waals surface area contributed by atoms with E-state index >= 15 is 0 Å². The molecule has 1 heterocycles. The molecule has 146 valence electrons. The Balaban J connectivity index is 1.67. The maximum absolute atomic E-state index is 12.7. The second-order valence-corrected chi connectivity index (χ2v) is 6.33. The molecule has 1 fully saturated rings. The van der Waals surface area contributed by atoms with Crippen LogP contribution >= 0.6 is 0 Å². The number of para-hydroxylation sites is 1. The summed E-state index contributed by atoms with van der Waals surface area (Å²) in [4.78, 5) is 16.5. The first kappa shape index (κ1) is 19.5. The molecule has 0 spiro atoms. The number of amides is 1. The van der Waals surface area contributed by atoms with Crippen LogP contribution in [0.3, 0.4) is 0 Å². The maximum atomic E-state index is 12.7. The number of ether oxygens (including phenoxy) is 1. The van der Waals surface area contributed by atoms with Gasteiger partial charge in [-0.2, -0.15) is 5.26 Å². The Morgan fingerprint density at radius 3 is 2.39 bits per heavy atom. The lowest BCUT2D eigenvalue weighted by atomic mass is 10.1. The summed E-state index contributed by atoms with van der Waals surface area (Å²) < 4.78 is 40.6. The number of carbonyl (C=O) groups excluding carboxylic acids is 1. The van der Waals surface area contributed by atoms with Crippen molar-refractivity contribution in [1.29, 1.82) is 5.26 Å². The average Bonchev–Trinajstić information content (AvgIpc) is 2.93. The van der Waals surface area contributed by atoms with Crippen molar-refractivity contribution >= 4 is 11.6 Å². The van der Waals surface area contributed by atoms with E-state index in [2.05, 4.69) is 15.7 Å². The van der Waals surface area contributed by atoms with E-state index in [4.69, 9.17) is 0 Å². The summed E-state index contributed by atoms with van der Waals surface area (Å²) in [5, 5.41) is 9.28. The molecule has 1 aliphatic rings. The fourth-order valence-electron chi connectivity index (χ4n) is 3.19. The van der Waals surface area contributed by atoms with Crippen LogP contribution in [0.1, 0.15) is 22.3 Å². The molecule has 5 nitrogen and oxygen atoms in total. The molecule has 0 atom stereocenters. The first-order valence-electron chi connectivity index (χ1n) is 8.76. The van der Waals surface area contributed by atoms with E-state index in [1.54, 1.807) is 11.0 Å². The van der Waals surface area contributed by atoms with E-state index < -0.39 is 6.36 Å². The Labute approximate surface area is 160 Å². The van der Waals surface area contributed by atoms with E-state index in [9.17, 15) is 23.2 Å². The van der Waals surface area contributed by atoms with Crippen LogP contribution in [0.2, 0.25) is 0 Å². The molecule has 1 amide bonds. The van der Waals surface area contributed by atoms with Gasteiger partial charge in [0.15, 0.2) is 0 Å². The normalized spacial score (nSPS) is 14.9. The number of halogens is 3. The molecular formula is C20H18F3N3O2. The number of carbonyl (C=O) groups is 1. The smallest absolute Gasteiger partial charge is 0.406 e. The molecule has 0 aliphatic carbocycles. The second-order valence-electron chi connectivity index (χ2n) is 6.33. The van der Waals surface area contributed by atoms with Gasteiger partial charge in [-0.15, -0.1) is 13.2 Å². The number of nitrogens with zero attached hydrogens (tertiary/aromatic N) is 3. The van der Waals surface area contributed by atoms with Gasteiger partial charge in [0, 0.05) is 31.7 Å². The fourth-order valence-corrected chi connectivity index (χ4v) is 3.19. The molecule has 2 aromatic rings. The van der Waals surface area contributed by atoms with E-state index in [-0.39, 0.29) is 11.7 Å². The first-order valence-corrected chi connectivity index (χ1v) is 8.76. The van der Waals surface area contributed by atoms with Gasteiger partial charge in [0.1, 0.15) is 11.8 Å². The molecular weight excluding hydrogens is 371 g/mol. The highest BCUT2D eigenvalue weighted by atomic mass is 19.4. The quantitative estimate of drug-likeness (QED) is 0.801. The van der Waals surface area contributed by atoms with Crippen LogP contribution in [0, 0.1) is 11.3 Å². The molecule has 1 aliphatic heterocycles. The van der Waals surface area contributed by atoms with E-state index in [1.807, 2.05) is 18.2 Å². The van der Waals surface area contributed by atoms with Crippen molar-refractivity contribution in [2.24, 2.45) is 0 Å². The van der Waals surface area contributed by atoms with Crippen LogP contribution in [0.4, 0.5) is 18.9 Å². The lowest BCUT2D eigenvalue weighted by molar-refractivity contribution is -0.274. The third-order valence-corrected chi connectivity index (χ3v) is 4.48. The Bertz CT molecular complexity index is 876. The zero-order chi connectivity index (χ0) is 20.1. The first-order chi connectivity index (χ1) is 13.4. The summed E-state index contributed by atoms with van der Waals surface area (Å²) in [6, 6.07) is 14.4. The van der Waals surface area contributed by atoms with Crippen molar-refractivity contribution in [3.8, 4) is 11.8 Å². The Morgan fingerprint density at radius 1 is 1.00 bits per heavy atom. The van der Waals surface area contributed by atoms with Gasteiger partial charge in [-0.25, -0.2) is 0 Å². The summed E-state index contributed by atoms with van der Waals surface area (Å²) in [6.45, 7) is 2.27. The zero-order valence-corrected chi connectivity index (χ0v) is 14.9. The Kier molecular flexibility index (Phi) is 5.73. The van der Waals surface area contributed by atoms with Gasteiger partial charge in [0.05, 0.1) is 11.3 Å². The van der Waals surface area contributed by atoms with Gasteiger partial charge in [-0.3, -0.25) is 4.79 Å². The lowest BCUT2D eigenvalue weighted by Crippen LogP contribution is -2.35. The summed E-state index contributed by atoms with van der Waals surface area (Å²) in [5.74, 6) is -0.604. The highest BCUT2D eigenvalue weighted by molar-refractivity contribution is 5.94. The van der Waals surface area contributed by atoms with E-state index in [0.717, 1.165) is 24.2 Å². The minimum atomic E-state index is -4.76. The standard InChI is InChI=1S/C20H18F3N3O2/c21-20(22,23)28-17-8-6-15(7-9-17)19(27)26-11-3-10-25(12-13-26)18-5-2-1-4-16(18)14-24/h1-2,4-9H,3,10-13H2. The molecule has 0 radical (unpaired) electrons. The number of rotatable bonds is 3. The van der Waals surface area contributed by atoms with Crippen LogP contribution < -0.4 is 9.64 Å². The molecule has 0 saturated carbocycles. The highest BCUT2D eigenvalue weighted by Crippen LogP contribution is 2.24. The molecule has 0 aromatic heterocycles. The molecule has 0 bridgehead atoms. The third kappa shape index (κ3) is 4.74. The van der Waals surface area contributed by atoms with Gasteiger partial charge >= 0.3 is 6.36 Å². The van der Waals surface area contributed by atoms with Gasteiger partial charge in [-0.1, -0.05) is 12.1 Å². The van der Waals surface area contributed by atoms with E-state index in [1.165, 1.54) is 12.1 Å². The third-order valence-electron chi connectivity index (χ3n) is 4.48. The van der Waals surface area contributed by atoms with Crippen LogP contribution in [0.25, 0.3) is 0 Å². The van der Waals surface area contributed by atoms with Crippen molar-refractivity contribution in [2.45, 2.75) is 12.8 Å². The SMILES string of the molecule is N#Cc1ccccc1N1CCCN(C(=O)c2ccc(OC(F)(F)F)cc2)CC1. The second kappa shape index (κ2) is 8.21. The molecule has 0 N–H and O–H groups in total. The predicted molar refractivity (Wildman–Crippen MR) is 97.0 cm³/mol. The highest BCUT2D eigenvalue weighted by Gasteiger charge is 2.31. The molecule has 8 heteroatoms. The average molecular weight is 389 g/mol. The number of benzene rings is 2. The van der Waals surface area contributed by atoms with Crippen molar-refractivity contribution in [2.75, 3.05) is 31.1 Å². The predicted octanol–water partition coefficient (Wildman–Crippen LogP) is 3.81. The minimum absolute atomic E-state index is 0.242. The van der Waals surface area contributed by atoms with Crippen LogP contribution in [-0.4, -0.2) is 43.3 Å². The van der Waals surface area contributed by atoms with Crippen LogP contribution in [-0.2, 0) is 0 Å². The largest absolute Gasteiger partial charge is 0.573 e. The molecule has 0 unspecified atom stereocenters. The van der Waals surface area contributed by atoms with Crippen LogP contribution in [0.5, 0.6) is 5.75 Å². The molecule has 3 rings (SSSR count). The fraction of sp³-hybridized carbons (Fsp3) is 0.300. The summed E-state index contributed by atoms with van der Waals surface area (Å²) >= 11 is 0. The summed E-state index contributed by atoms with van der Waals surface area (Å²) in [6.07, 6.45) is -4.04. The van der Waals surface area contributed by atoms with Crippen molar-refractivity contribution < 1.29 is 22.7 Å². The number of anilines is 1. The minimum Gasteiger partial charge on any atom is -0.406 e. The van der Waals surface area contributed by atoms with Crippen molar-refractivity contribution in [3.05, 3.63) is 59.7 Å². The van der Waals surface area contributed by atoms with Crippen molar-refractivity contribution in [1.82, 2.24) is 4.90 Å². The summed E-state index contributed by atoms with van der Waals surface area (Å²) in [7, 11) is 0. The number of nitriles is 1. The number of hydrogen-bond acceptors (Lipinski definition) is 4. The lowest BCUT2D eigenvalue weighted by Gasteiger charge is -2.24. The monoisotopic (exact) mass is 389 g/mol. The number of hydrogen-bond donors (Lipinski definition) is 0. The zero-order valence-electron chi connectivity index (χ0n) is 14.9. The molecule has 28 heavy (non-hydrogen) atoms. The maximum Gasteiger partial charge on any atom is 0.573 e. The van der Waals surface area contributed by atoms with Gasteiger partial charge in [0.2, 0.25) is 0 Å². The Hall–Kier alpha value is -3.21. The van der Waals surface area contributed by atoms with Gasteiger partial charge < -0.3 is 14.5 Å². The molecule has 1 saturated heterocycles. The Morgan fingerprint density at radius 2 is 1.71 bits per heavy atom. The van der Waals surface area contributed by atoms with Gasteiger partial charge in [-0.05, 0) is 42.8 Å². The van der Waals surface area contributed by atoms with E-state index in [0.29, 0.717) is 37.3 Å².